The van der Waals surface area contributed by atoms with Gasteiger partial charge in [0.2, 0.25) is 0 Å². The Morgan fingerprint density at radius 2 is 2.00 bits per heavy atom. The van der Waals surface area contributed by atoms with E-state index < -0.39 is 6.04 Å². The molecule has 0 amide bonds. The van der Waals surface area contributed by atoms with Gasteiger partial charge in [0.1, 0.15) is 5.82 Å². The molecular formula is C24H30Cl2FN3O2S. The van der Waals surface area contributed by atoms with E-state index in [1.165, 1.54) is 17.8 Å². The molecule has 33 heavy (non-hydrogen) atoms. The van der Waals surface area contributed by atoms with E-state index in [0.717, 1.165) is 43.4 Å². The quantitative estimate of drug-likeness (QED) is 0.483. The molecule has 4 rings (SSSR count). The minimum absolute atomic E-state index is 0. The number of likely N-dealkylation sites (tertiary alicyclic amines) is 1. The summed E-state index contributed by atoms with van der Waals surface area (Å²) in [6.45, 7) is 2.84. The van der Waals surface area contributed by atoms with Crippen molar-refractivity contribution in [3.05, 3.63) is 65.3 Å². The number of aryl methyl sites for hydroxylation is 1. The highest BCUT2D eigenvalue weighted by molar-refractivity contribution is 8.14. The third-order valence-corrected chi connectivity index (χ3v) is 7.13. The molecule has 180 valence electrons. The number of carbonyl (C=O) groups excluding carboxylic acids is 2. The largest absolute Gasteiger partial charge is 0.297 e. The van der Waals surface area contributed by atoms with E-state index in [0.29, 0.717) is 18.7 Å². The van der Waals surface area contributed by atoms with E-state index in [4.69, 9.17) is 0 Å². The number of thioether (sulfide) groups is 1. The molecule has 2 heterocycles. The van der Waals surface area contributed by atoms with E-state index >= 15 is 0 Å². The molecule has 1 saturated carbocycles. The number of piperidine rings is 1. The number of H-pyrrole nitrogens is 1. The maximum atomic E-state index is 14.7. The Morgan fingerprint density at radius 3 is 2.64 bits per heavy atom. The molecule has 2 fully saturated rings. The van der Waals surface area contributed by atoms with Gasteiger partial charge in [-0.15, -0.1) is 24.8 Å². The summed E-state index contributed by atoms with van der Waals surface area (Å²) in [5.41, 5.74) is 2.68. The normalized spacial score (nSPS) is 20.5. The first kappa shape index (κ1) is 27.6. The lowest BCUT2D eigenvalue weighted by Crippen LogP contribution is -2.43. The van der Waals surface area contributed by atoms with Crippen molar-refractivity contribution in [2.75, 3.05) is 13.1 Å². The lowest BCUT2D eigenvalue weighted by molar-refractivity contribution is -0.126. The number of ketones is 1. The van der Waals surface area contributed by atoms with Crippen molar-refractivity contribution in [2.45, 2.75) is 50.3 Å². The number of nitrogens with zero attached hydrogens (tertiary/aromatic N) is 2. The van der Waals surface area contributed by atoms with E-state index in [9.17, 15) is 14.0 Å². The van der Waals surface area contributed by atoms with Crippen LogP contribution in [0.4, 0.5) is 4.39 Å². The van der Waals surface area contributed by atoms with Crippen LogP contribution in [-0.2, 0) is 16.0 Å². The van der Waals surface area contributed by atoms with Crippen LogP contribution in [-0.4, -0.2) is 44.3 Å². The molecule has 5 nitrogen and oxygen atoms in total. The van der Waals surface area contributed by atoms with Crippen LogP contribution in [0.2, 0.25) is 0 Å². The van der Waals surface area contributed by atoms with Crippen LogP contribution in [0, 0.1) is 11.7 Å². The number of halogens is 3. The SMILES string of the molecule is CC(=O)SC1CCN(C(C(=O)C2CC2)c2ccccc2F)C/C1=C\CCc1ccn[nH]1.Cl.Cl. The van der Waals surface area contributed by atoms with Crippen LogP contribution in [0.15, 0.2) is 48.2 Å². The molecule has 2 aromatic rings. The van der Waals surface area contributed by atoms with Crippen LogP contribution in [0.3, 0.4) is 0 Å². The second-order valence-electron chi connectivity index (χ2n) is 8.36. The van der Waals surface area contributed by atoms with Crippen LogP contribution in [0.1, 0.15) is 49.9 Å². The summed E-state index contributed by atoms with van der Waals surface area (Å²) in [5.74, 6) is -0.159. The van der Waals surface area contributed by atoms with Crippen molar-refractivity contribution in [1.82, 2.24) is 15.1 Å². The number of carbonyl (C=O) groups is 2. The van der Waals surface area contributed by atoms with Crippen molar-refractivity contribution >= 4 is 47.5 Å². The predicted octanol–water partition coefficient (Wildman–Crippen LogP) is 5.33. The minimum atomic E-state index is -0.562. The Kier molecular flexibility index (Phi) is 10.6. The Balaban J connectivity index is 0.00000193. The number of Topliss-reactive ketones (excluding diaryl/α,β-unsaturated/α-hetero) is 1. The van der Waals surface area contributed by atoms with Gasteiger partial charge in [0.15, 0.2) is 10.9 Å². The average Bonchev–Trinajstić information content (AvgIpc) is 3.47. The number of hydrogen-bond donors (Lipinski definition) is 1. The average molecular weight is 514 g/mol. The highest BCUT2D eigenvalue weighted by atomic mass is 35.5. The summed E-state index contributed by atoms with van der Waals surface area (Å²) < 4.78 is 14.7. The first-order valence-electron chi connectivity index (χ1n) is 10.9. The number of aromatic amines is 1. The lowest BCUT2D eigenvalue weighted by Gasteiger charge is -2.38. The third-order valence-electron chi connectivity index (χ3n) is 5.98. The van der Waals surface area contributed by atoms with Crippen LogP contribution >= 0.6 is 36.6 Å². The minimum Gasteiger partial charge on any atom is -0.297 e. The zero-order chi connectivity index (χ0) is 21.8. The van der Waals surface area contributed by atoms with Crippen molar-refractivity contribution in [3.63, 3.8) is 0 Å². The lowest BCUT2D eigenvalue weighted by atomic mass is 9.93. The van der Waals surface area contributed by atoms with Gasteiger partial charge in [-0.2, -0.15) is 5.10 Å². The Bertz CT molecular complexity index is 966. The number of hydrogen-bond acceptors (Lipinski definition) is 5. The van der Waals surface area contributed by atoms with Gasteiger partial charge in [0.05, 0.1) is 6.04 Å². The van der Waals surface area contributed by atoms with Crippen LogP contribution in [0.5, 0.6) is 0 Å². The summed E-state index contributed by atoms with van der Waals surface area (Å²) in [6.07, 6.45) is 8.14. The maximum Gasteiger partial charge on any atom is 0.186 e. The summed E-state index contributed by atoms with van der Waals surface area (Å²) in [4.78, 5) is 27.1. The Labute approximate surface area is 210 Å². The van der Waals surface area contributed by atoms with E-state index in [1.807, 2.05) is 6.07 Å². The zero-order valence-corrected chi connectivity index (χ0v) is 21.0. The number of nitrogens with one attached hydrogen (secondary N) is 1. The summed E-state index contributed by atoms with van der Waals surface area (Å²) >= 11 is 1.36. The first-order valence-corrected chi connectivity index (χ1v) is 11.8. The number of aromatic nitrogens is 2. The molecule has 9 heteroatoms. The molecule has 1 aromatic heterocycles. The highest BCUT2D eigenvalue weighted by Crippen LogP contribution is 2.40. The maximum absolute atomic E-state index is 14.7. The molecule has 2 unspecified atom stereocenters. The number of benzene rings is 1. The van der Waals surface area contributed by atoms with E-state index in [2.05, 4.69) is 21.2 Å². The monoisotopic (exact) mass is 513 g/mol. The molecule has 2 aliphatic rings. The van der Waals surface area contributed by atoms with Crippen molar-refractivity contribution in [1.29, 1.82) is 0 Å². The van der Waals surface area contributed by atoms with Crippen molar-refractivity contribution in [2.24, 2.45) is 5.92 Å². The van der Waals surface area contributed by atoms with Crippen LogP contribution in [0.25, 0.3) is 0 Å². The van der Waals surface area contributed by atoms with Gasteiger partial charge in [-0.25, -0.2) is 4.39 Å². The zero-order valence-electron chi connectivity index (χ0n) is 18.5. The number of rotatable bonds is 8. The van der Waals surface area contributed by atoms with Gasteiger partial charge >= 0.3 is 0 Å². The molecular weight excluding hydrogens is 484 g/mol. The summed E-state index contributed by atoms with van der Waals surface area (Å²) in [5, 5.41) is 7.16. The molecule has 1 N–H and O–H groups in total. The fourth-order valence-electron chi connectivity index (χ4n) is 4.29. The Hall–Kier alpha value is -1.67. The molecule has 0 spiro atoms. The molecule has 1 aromatic carbocycles. The second-order valence-corrected chi connectivity index (χ2v) is 9.74. The number of allylic oxidation sites excluding steroid dienone is 1. The molecule has 0 bridgehead atoms. The van der Waals surface area contributed by atoms with Gasteiger partial charge < -0.3 is 0 Å². The molecule has 1 saturated heterocycles. The predicted molar refractivity (Wildman–Crippen MR) is 135 cm³/mol. The fraction of sp³-hybridized carbons (Fsp3) is 0.458. The van der Waals surface area contributed by atoms with E-state index in [1.54, 1.807) is 31.3 Å². The van der Waals surface area contributed by atoms with Gasteiger partial charge in [-0.3, -0.25) is 19.6 Å². The van der Waals surface area contributed by atoms with E-state index in [-0.39, 0.29) is 52.7 Å². The van der Waals surface area contributed by atoms with Crippen LogP contribution < -0.4 is 0 Å². The smallest absolute Gasteiger partial charge is 0.186 e. The molecule has 0 radical (unpaired) electrons. The Morgan fingerprint density at radius 1 is 1.24 bits per heavy atom. The molecule has 1 aliphatic carbocycles. The highest BCUT2D eigenvalue weighted by Gasteiger charge is 2.41. The summed E-state index contributed by atoms with van der Waals surface area (Å²) in [7, 11) is 0. The molecule has 1 aliphatic heterocycles. The van der Waals surface area contributed by atoms with Gasteiger partial charge in [-0.05, 0) is 49.8 Å². The third kappa shape index (κ3) is 7.15. The summed E-state index contributed by atoms with van der Waals surface area (Å²) in [6, 6.07) is 8.02. The van der Waals surface area contributed by atoms with Gasteiger partial charge in [-0.1, -0.05) is 36.0 Å². The molecule has 2 atom stereocenters. The second kappa shape index (κ2) is 12.7. The topological polar surface area (TPSA) is 66.1 Å². The van der Waals surface area contributed by atoms with Crippen molar-refractivity contribution < 1.29 is 14.0 Å². The standard InChI is InChI=1S/C24H28FN3O2S.2ClH/c1-16(29)31-22-12-14-28(15-18(22)5-4-6-19-11-13-26-27-19)23(24(30)17-9-10-17)20-7-2-3-8-21(20)25;;/h2-3,5,7-8,11,13,17,22-23H,4,6,9-10,12,14-15H2,1H3,(H,26,27);2*1H/b18-5+;;. The van der Waals surface area contributed by atoms with Gasteiger partial charge in [0.25, 0.3) is 0 Å². The van der Waals surface area contributed by atoms with Crippen molar-refractivity contribution in [3.8, 4) is 0 Å². The van der Waals surface area contributed by atoms with Gasteiger partial charge in [0, 0.05) is 48.6 Å². The first-order chi connectivity index (χ1) is 15.0. The fourth-order valence-corrected chi connectivity index (χ4v) is 5.24.